The zero-order valence-electron chi connectivity index (χ0n) is 12.3. The van der Waals surface area contributed by atoms with Gasteiger partial charge in [-0.1, -0.05) is 44.7 Å². The van der Waals surface area contributed by atoms with Crippen LogP contribution < -0.4 is 5.73 Å². The summed E-state index contributed by atoms with van der Waals surface area (Å²) in [6, 6.07) is 11.1. The standard InChI is InChI=1S/C16H18N2O2S/c1-16(2,3)10-4-6-11(7-5-10)21-14-12(17)8-9-13(18-14)15(19)20/h4-9H,17H2,1-3H3,(H,19,20). The molecular formula is C16H18N2O2S. The third-order valence-corrected chi connectivity index (χ3v) is 4.07. The molecule has 0 aliphatic rings. The van der Waals surface area contributed by atoms with E-state index < -0.39 is 5.97 Å². The first-order chi connectivity index (χ1) is 9.77. The number of nitrogens with zero attached hydrogens (tertiary/aromatic N) is 1. The van der Waals surface area contributed by atoms with Crippen molar-refractivity contribution in [2.75, 3.05) is 5.73 Å². The summed E-state index contributed by atoms with van der Waals surface area (Å²) in [5, 5.41) is 9.49. The van der Waals surface area contributed by atoms with Crippen LogP contribution in [0.1, 0.15) is 36.8 Å². The number of aromatic carboxylic acids is 1. The Hall–Kier alpha value is -2.01. The van der Waals surface area contributed by atoms with Crippen molar-refractivity contribution in [1.82, 2.24) is 4.98 Å². The van der Waals surface area contributed by atoms with E-state index in [0.29, 0.717) is 10.7 Å². The number of pyridine rings is 1. The normalized spacial score (nSPS) is 11.4. The first-order valence-corrected chi connectivity index (χ1v) is 7.37. The molecule has 0 bridgehead atoms. The first-order valence-electron chi connectivity index (χ1n) is 6.55. The highest BCUT2D eigenvalue weighted by Gasteiger charge is 2.14. The highest BCUT2D eigenvalue weighted by atomic mass is 32.2. The van der Waals surface area contributed by atoms with Crippen molar-refractivity contribution in [2.45, 2.75) is 36.1 Å². The summed E-state index contributed by atoms with van der Waals surface area (Å²) in [7, 11) is 0. The summed E-state index contributed by atoms with van der Waals surface area (Å²) in [4.78, 5) is 16.0. The van der Waals surface area contributed by atoms with Crippen molar-refractivity contribution in [3.63, 3.8) is 0 Å². The molecular weight excluding hydrogens is 284 g/mol. The number of carboxylic acid groups (broad SMARTS) is 1. The molecule has 0 saturated heterocycles. The first kappa shape index (κ1) is 15.4. The van der Waals surface area contributed by atoms with E-state index in [1.807, 2.05) is 12.1 Å². The predicted octanol–water partition coefficient (Wildman–Crippen LogP) is 3.81. The number of anilines is 1. The average molecular weight is 302 g/mol. The van der Waals surface area contributed by atoms with Gasteiger partial charge in [0.15, 0.2) is 0 Å². The van der Waals surface area contributed by atoms with Crippen LogP contribution in [0.5, 0.6) is 0 Å². The third kappa shape index (κ3) is 3.76. The van der Waals surface area contributed by atoms with Crippen molar-refractivity contribution >= 4 is 23.4 Å². The topological polar surface area (TPSA) is 76.2 Å². The quantitative estimate of drug-likeness (QED) is 0.901. The average Bonchev–Trinajstić information content (AvgIpc) is 2.40. The fourth-order valence-corrected chi connectivity index (χ4v) is 2.61. The molecule has 5 heteroatoms. The molecule has 1 aromatic heterocycles. The minimum atomic E-state index is -1.06. The summed E-state index contributed by atoms with van der Waals surface area (Å²) < 4.78 is 0. The zero-order chi connectivity index (χ0) is 15.6. The smallest absolute Gasteiger partial charge is 0.354 e. The summed E-state index contributed by atoms with van der Waals surface area (Å²) in [5.41, 5.74) is 7.68. The Morgan fingerprint density at radius 1 is 1.14 bits per heavy atom. The lowest BCUT2D eigenvalue weighted by Gasteiger charge is -2.19. The largest absolute Gasteiger partial charge is 0.477 e. The maximum Gasteiger partial charge on any atom is 0.354 e. The highest BCUT2D eigenvalue weighted by Crippen LogP contribution is 2.32. The summed E-state index contributed by atoms with van der Waals surface area (Å²) in [5.74, 6) is -1.06. The van der Waals surface area contributed by atoms with Gasteiger partial charge >= 0.3 is 5.97 Å². The van der Waals surface area contributed by atoms with Gasteiger partial charge in [0.25, 0.3) is 0 Å². The Kier molecular flexibility index (Phi) is 4.23. The molecule has 0 atom stereocenters. The lowest BCUT2D eigenvalue weighted by Crippen LogP contribution is -2.10. The molecule has 0 aliphatic carbocycles. The van der Waals surface area contributed by atoms with Crippen molar-refractivity contribution < 1.29 is 9.90 Å². The van der Waals surface area contributed by atoms with E-state index in [9.17, 15) is 4.79 Å². The summed E-state index contributed by atoms with van der Waals surface area (Å²) in [6.45, 7) is 6.47. The minimum Gasteiger partial charge on any atom is -0.477 e. The van der Waals surface area contributed by atoms with Crippen molar-refractivity contribution in [2.24, 2.45) is 0 Å². The van der Waals surface area contributed by atoms with Gasteiger partial charge in [0.1, 0.15) is 10.7 Å². The Labute approximate surface area is 128 Å². The molecule has 2 rings (SSSR count). The van der Waals surface area contributed by atoms with Crippen LogP contribution >= 0.6 is 11.8 Å². The highest BCUT2D eigenvalue weighted by molar-refractivity contribution is 7.99. The maximum atomic E-state index is 11.0. The lowest BCUT2D eigenvalue weighted by molar-refractivity contribution is 0.0690. The number of nitrogen functional groups attached to an aromatic ring is 1. The fourth-order valence-electron chi connectivity index (χ4n) is 1.79. The molecule has 0 fully saturated rings. The van der Waals surface area contributed by atoms with E-state index in [-0.39, 0.29) is 11.1 Å². The molecule has 2 aromatic rings. The van der Waals surface area contributed by atoms with Gasteiger partial charge in [0.05, 0.1) is 5.69 Å². The monoisotopic (exact) mass is 302 g/mol. The summed E-state index contributed by atoms with van der Waals surface area (Å²) >= 11 is 1.37. The van der Waals surface area contributed by atoms with Gasteiger partial charge in [-0.25, -0.2) is 9.78 Å². The molecule has 3 N–H and O–H groups in total. The SMILES string of the molecule is CC(C)(C)c1ccc(Sc2nc(C(=O)O)ccc2N)cc1. The number of aromatic nitrogens is 1. The van der Waals surface area contributed by atoms with Crippen LogP contribution in [0.4, 0.5) is 5.69 Å². The van der Waals surface area contributed by atoms with Crippen LogP contribution in [0.15, 0.2) is 46.3 Å². The van der Waals surface area contributed by atoms with Gasteiger partial charge in [-0.05, 0) is 35.2 Å². The van der Waals surface area contributed by atoms with Gasteiger partial charge in [0, 0.05) is 4.90 Å². The molecule has 0 saturated carbocycles. The fraction of sp³-hybridized carbons (Fsp3) is 0.250. The van der Waals surface area contributed by atoms with Gasteiger partial charge < -0.3 is 10.8 Å². The van der Waals surface area contributed by atoms with Crippen LogP contribution in [0.25, 0.3) is 0 Å². The van der Waals surface area contributed by atoms with Crippen LogP contribution in [0.3, 0.4) is 0 Å². The minimum absolute atomic E-state index is 0.00184. The Balaban J connectivity index is 2.26. The van der Waals surface area contributed by atoms with Crippen LogP contribution in [-0.2, 0) is 5.41 Å². The number of rotatable bonds is 3. The number of benzene rings is 1. The second-order valence-corrected chi connectivity index (χ2v) is 6.83. The maximum absolute atomic E-state index is 11.0. The molecule has 110 valence electrons. The molecule has 21 heavy (non-hydrogen) atoms. The second-order valence-electron chi connectivity index (χ2n) is 5.77. The van der Waals surface area contributed by atoms with E-state index in [2.05, 4.69) is 37.9 Å². The van der Waals surface area contributed by atoms with E-state index in [1.165, 1.54) is 23.4 Å². The third-order valence-electron chi connectivity index (χ3n) is 3.04. The number of hydrogen-bond donors (Lipinski definition) is 2. The van der Waals surface area contributed by atoms with Crippen LogP contribution in [0, 0.1) is 0 Å². The lowest BCUT2D eigenvalue weighted by atomic mass is 9.87. The Morgan fingerprint density at radius 3 is 2.29 bits per heavy atom. The Bertz CT molecular complexity index is 661. The number of carboxylic acids is 1. The zero-order valence-corrected chi connectivity index (χ0v) is 13.1. The number of nitrogens with two attached hydrogens (primary N) is 1. The second kappa shape index (κ2) is 5.77. The molecule has 0 radical (unpaired) electrons. The number of hydrogen-bond acceptors (Lipinski definition) is 4. The van der Waals surface area contributed by atoms with Gasteiger partial charge in [-0.3, -0.25) is 0 Å². The molecule has 1 heterocycles. The van der Waals surface area contributed by atoms with Gasteiger partial charge in [0.2, 0.25) is 0 Å². The van der Waals surface area contributed by atoms with E-state index in [1.54, 1.807) is 6.07 Å². The van der Waals surface area contributed by atoms with E-state index in [0.717, 1.165) is 4.90 Å². The molecule has 1 aromatic carbocycles. The molecule has 0 spiro atoms. The van der Waals surface area contributed by atoms with Crippen LogP contribution in [-0.4, -0.2) is 16.1 Å². The summed E-state index contributed by atoms with van der Waals surface area (Å²) in [6.07, 6.45) is 0. The van der Waals surface area contributed by atoms with Gasteiger partial charge in [-0.15, -0.1) is 0 Å². The van der Waals surface area contributed by atoms with E-state index >= 15 is 0 Å². The van der Waals surface area contributed by atoms with Gasteiger partial charge in [-0.2, -0.15) is 0 Å². The van der Waals surface area contributed by atoms with E-state index in [4.69, 9.17) is 10.8 Å². The number of carbonyl (C=O) groups is 1. The van der Waals surface area contributed by atoms with Crippen LogP contribution in [0.2, 0.25) is 0 Å². The Morgan fingerprint density at radius 2 is 1.76 bits per heavy atom. The molecule has 0 unspecified atom stereocenters. The molecule has 0 amide bonds. The molecule has 4 nitrogen and oxygen atoms in total. The molecule has 0 aliphatic heterocycles. The van der Waals surface area contributed by atoms with Crippen molar-refractivity contribution in [1.29, 1.82) is 0 Å². The predicted molar refractivity (Wildman–Crippen MR) is 84.9 cm³/mol. The van der Waals surface area contributed by atoms with Crippen molar-refractivity contribution in [3.05, 3.63) is 47.7 Å². The van der Waals surface area contributed by atoms with Crippen molar-refractivity contribution in [3.8, 4) is 0 Å².